The zero-order valence-electron chi connectivity index (χ0n) is 16.9. The minimum Gasteiger partial charge on any atom is -0.350 e. The van der Waals surface area contributed by atoms with Gasteiger partial charge in [0.15, 0.2) is 0 Å². The van der Waals surface area contributed by atoms with E-state index in [9.17, 15) is 4.79 Å². The lowest BCUT2D eigenvalue weighted by Gasteiger charge is -2.20. The molecule has 4 rings (SSSR count). The van der Waals surface area contributed by atoms with Gasteiger partial charge in [0.05, 0.1) is 12.4 Å². The molecule has 0 bridgehead atoms. The summed E-state index contributed by atoms with van der Waals surface area (Å²) in [6, 6.07) is 25.2. The van der Waals surface area contributed by atoms with Gasteiger partial charge in [0.1, 0.15) is 0 Å². The van der Waals surface area contributed by atoms with E-state index in [1.807, 2.05) is 102 Å². The highest BCUT2D eigenvalue weighted by molar-refractivity contribution is 6.30. The van der Waals surface area contributed by atoms with Gasteiger partial charge in [-0.2, -0.15) is 0 Å². The molecule has 1 heterocycles. The minimum absolute atomic E-state index is 0.0788. The summed E-state index contributed by atoms with van der Waals surface area (Å²) < 4.78 is 1.97. The van der Waals surface area contributed by atoms with E-state index in [2.05, 4.69) is 10.3 Å². The number of nitrogens with zero attached hydrogens (tertiary/aromatic N) is 2. The molecule has 1 amide bonds. The highest BCUT2D eigenvalue weighted by Crippen LogP contribution is 2.20. The third-order valence-electron chi connectivity index (χ3n) is 5.01. The highest BCUT2D eigenvalue weighted by atomic mass is 35.5. The summed E-state index contributed by atoms with van der Waals surface area (Å²) in [7, 11) is 0. The van der Waals surface area contributed by atoms with Crippen LogP contribution in [0.15, 0.2) is 97.6 Å². The Kier molecular flexibility index (Phi) is 6.60. The van der Waals surface area contributed by atoms with E-state index >= 15 is 0 Å². The molecular weight excluding hydrogens is 406 g/mol. The van der Waals surface area contributed by atoms with Gasteiger partial charge >= 0.3 is 0 Å². The molecule has 0 radical (unpaired) electrons. The van der Waals surface area contributed by atoms with Gasteiger partial charge in [-0.05, 0) is 41.0 Å². The number of carbonyl (C=O) groups excluding carboxylic acids is 1. The largest absolute Gasteiger partial charge is 0.350 e. The lowest BCUT2D eigenvalue weighted by Crippen LogP contribution is -2.31. The molecule has 0 aliphatic heterocycles. The third-order valence-corrected chi connectivity index (χ3v) is 5.26. The van der Waals surface area contributed by atoms with Crippen molar-refractivity contribution in [2.75, 3.05) is 6.54 Å². The van der Waals surface area contributed by atoms with E-state index in [1.165, 1.54) is 0 Å². The molecule has 0 spiro atoms. The maximum atomic E-state index is 12.8. The van der Waals surface area contributed by atoms with Crippen molar-refractivity contribution >= 4 is 29.7 Å². The quantitative estimate of drug-likeness (QED) is 0.383. The number of hydrogen-bond donors (Lipinski definition) is 1. The lowest BCUT2D eigenvalue weighted by atomic mass is 10.1. The van der Waals surface area contributed by atoms with Crippen molar-refractivity contribution in [3.8, 4) is 0 Å². The Morgan fingerprint density at radius 1 is 0.968 bits per heavy atom. The monoisotopic (exact) mass is 427 g/mol. The Bertz CT molecular complexity index is 1150. The second-order valence-corrected chi connectivity index (χ2v) is 7.59. The SMILES string of the molecule is O=C(NCC(c1ccc(Cl)cc1)n1ccnc1)c1cccc(/C=C/c2ccccc2)c1. The fraction of sp³-hybridized carbons (Fsp3) is 0.0769. The summed E-state index contributed by atoms with van der Waals surface area (Å²) in [5.41, 5.74) is 3.75. The van der Waals surface area contributed by atoms with Crippen LogP contribution in [0.25, 0.3) is 12.2 Å². The van der Waals surface area contributed by atoms with Crippen molar-refractivity contribution in [2.24, 2.45) is 0 Å². The molecule has 0 aliphatic rings. The summed E-state index contributed by atoms with van der Waals surface area (Å²) in [6.45, 7) is 0.431. The summed E-state index contributed by atoms with van der Waals surface area (Å²) in [5, 5.41) is 3.74. The van der Waals surface area contributed by atoms with Crippen molar-refractivity contribution in [3.05, 3.63) is 125 Å². The molecule has 0 saturated carbocycles. The van der Waals surface area contributed by atoms with Crippen LogP contribution in [0.3, 0.4) is 0 Å². The number of hydrogen-bond acceptors (Lipinski definition) is 2. The Hall–Kier alpha value is -3.63. The zero-order chi connectivity index (χ0) is 21.5. The van der Waals surface area contributed by atoms with E-state index in [1.54, 1.807) is 12.5 Å². The van der Waals surface area contributed by atoms with Crippen molar-refractivity contribution in [3.63, 3.8) is 0 Å². The molecule has 4 nitrogen and oxygen atoms in total. The standard InChI is InChI=1S/C26H22ClN3O/c27-24-13-11-22(12-14-24)25(30-16-15-28-19-30)18-29-26(31)23-8-4-7-21(17-23)10-9-20-5-2-1-3-6-20/h1-17,19,25H,18H2,(H,29,31)/b10-9+. The molecule has 3 aromatic carbocycles. The number of benzene rings is 3. The molecule has 1 aromatic heterocycles. The van der Waals surface area contributed by atoms with Crippen molar-refractivity contribution in [1.29, 1.82) is 0 Å². The second-order valence-electron chi connectivity index (χ2n) is 7.16. The number of nitrogens with one attached hydrogen (secondary N) is 1. The van der Waals surface area contributed by atoms with Crippen LogP contribution in [-0.4, -0.2) is 22.0 Å². The first kappa shape index (κ1) is 20.6. The van der Waals surface area contributed by atoms with Gasteiger partial charge in [-0.15, -0.1) is 0 Å². The van der Waals surface area contributed by atoms with Gasteiger partial charge in [0, 0.05) is 29.5 Å². The molecule has 1 N–H and O–H groups in total. The fourth-order valence-electron chi connectivity index (χ4n) is 3.37. The van der Waals surface area contributed by atoms with Crippen LogP contribution in [0.5, 0.6) is 0 Å². The predicted molar refractivity (Wildman–Crippen MR) is 126 cm³/mol. The van der Waals surface area contributed by atoms with Gasteiger partial charge in [0.2, 0.25) is 0 Å². The molecule has 4 aromatic rings. The van der Waals surface area contributed by atoms with Gasteiger partial charge < -0.3 is 9.88 Å². The summed E-state index contributed by atoms with van der Waals surface area (Å²) in [5.74, 6) is -0.117. The number of amides is 1. The average Bonchev–Trinajstić information content (AvgIpc) is 3.34. The van der Waals surface area contributed by atoms with E-state index in [4.69, 9.17) is 11.6 Å². The maximum absolute atomic E-state index is 12.8. The molecule has 154 valence electrons. The van der Waals surface area contributed by atoms with Crippen LogP contribution >= 0.6 is 11.6 Å². The molecule has 31 heavy (non-hydrogen) atoms. The van der Waals surface area contributed by atoms with Crippen molar-refractivity contribution in [2.45, 2.75) is 6.04 Å². The van der Waals surface area contributed by atoms with Crippen molar-refractivity contribution < 1.29 is 4.79 Å². The van der Waals surface area contributed by atoms with Crippen LogP contribution in [0.2, 0.25) is 5.02 Å². The second kappa shape index (κ2) is 9.92. The molecule has 5 heteroatoms. The number of rotatable bonds is 7. The van der Waals surface area contributed by atoms with Crippen LogP contribution in [0, 0.1) is 0 Å². The smallest absolute Gasteiger partial charge is 0.251 e. The van der Waals surface area contributed by atoms with Crippen molar-refractivity contribution in [1.82, 2.24) is 14.9 Å². The zero-order valence-corrected chi connectivity index (χ0v) is 17.6. The summed E-state index contributed by atoms with van der Waals surface area (Å²) in [6.07, 6.45) is 9.41. The fourth-order valence-corrected chi connectivity index (χ4v) is 3.49. The summed E-state index contributed by atoms with van der Waals surface area (Å²) in [4.78, 5) is 17.0. The highest BCUT2D eigenvalue weighted by Gasteiger charge is 2.15. The summed E-state index contributed by atoms with van der Waals surface area (Å²) >= 11 is 6.03. The van der Waals surface area contributed by atoms with Gasteiger partial charge in [0.25, 0.3) is 5.91 Å². The number of carbonyl (C=O) groups is 1. The Balaban J connectivity index is 1.47. The Morgan fingerprint density at radius 3 is 2.45 bits per heavy atom. The van der Waals surface area contributed by atoms with Crippen LogP contribution in [0.4, 0.5) is 0 Å². The van der Waals surface area contributed by atoms with Crippen LogP contribution < -0.4 is 5.32 Å². The Labute approximate surface area is 186 Å². The van der Waals surface area contributed by atoms with Gasteiger partial charge in [-0.25, -0.2) is 4.98 Å². The average molecular weight is 428 g/mol. The first-order chi connectivity index (χ1) is 15.2. The minimum atomic E-state index is -0.117. The molecule has 0 fully saturated rings. The van der Waals surface area contributed by atoms with E-state index in [-0.39, 0.29) is 11.9 Å². The first-order valence-electron chi connectivity index (χ1n) is 10.0. The topological polar surface area (TPSA) is 46.9 Å². The molecule has 0 saturated heterocycles. The van der Waals surface area contributed by atoms with Gasteiger partial charge in [-0.3, -0.25) is 4.79 Å². The Morgan fingerprint density at radius 2 is 1.71 bits per heavy atom. The first-order valence-corrected chi connectivity index (χ1v) is 10.4. The number of aromatic nitrogens is 2. The van der Waals surface area contributed by atoms with Crippen LogP contribution in [0.1, 0.15) is 33.1 Å². The third kappa shape index (κ3) is 5.50. The normalized spacial score (nSPS) is 12.0. The van der Waals surface area contributed by atoms with E-state index in [0.717, 1.165) is 16.7 Å². The van der Waals surface area contributed by atoms with Crippen LogP contribution in [-0.2, 0) is 0 Å². The molecule has 1 atom stereocenters. The molecule has 0 aliphatic carbocycles. The molecular formula is C26H22ClN3O. The number of imidazole rings is 1. The van der Waals surface area contributed by atoms with E-state index in [0.29, 0.717) is 17.1 Å². The predicted octanol–water partition coefficient (Wildman–Crippen LogP) is 5.73. The van der Waals surface area contributed by atoms with E-state index < -0.39 is 0 Å². The van der Waals surface area contributed by atoms with Gasteiger partial charge in [-0.1, -0.05) is 78.4 Å². The lowest BCUT2D eigenvalue weighted by molar-refractivity contribution is 0.0949. The number of halogens is 1. The maximum Gasteiger partial charge on any atom is 0.251 e. The molecule has 1 unspecified atom stereocenters.